The van der Waals surface area contributed by atoms with Gasteiger partial charge in [0.2, 0.25) is 0 Å². The Bertz CT molecular complexity index is 351. The van der Waals surface area contributed by atoms with Gasteiger partial charge in [-0.3, -0.25) is 14.4 Å². The summed E-state index contributed by atoms with van der Waals surface area (Å²) in [6.45, 7) is 2.82. The second-order valence-electron chi connectivity index (χ2n) is 3.65. The van der Waals surface area contributed by atoms with Crippen LogP contribution >= 0.6 is 0 Å². The molecule has 0 aliphatic rings. The molecule has 0 saturated heterocycles. The number of rotatable bonds is 7. The third-order valence-corrected chi connectivity index (χ3v) is 1.91. The minimum absolute atomic E-state index is 0.123. The van der Waals surface area contributed by atoms with Gasteiger partial charge in [0.25, 0.3) is 0 Å². The van der Waals surface area contributed by atoms with E-state index in [0.29, 0.717) is 0 Å². The summed E-state index contributed by atoms with van der Waals surface area (Å²) in [5.74, 6) is -2.18. The maximum atomic E-state index is 10.9. The highest BCUT2D eigenvalue weighted by Crippen LogP contribution is 2.10. The van der Waals surface area contributed by atoms with Gasteiger partial charge in [-0.25, -0.2) is 0 Å². The number of hydrogen-bond donors (Lipinski definition) is 1. The van der Waals surface area contributed by atoms with E-state index in [1.165, 1.54) is 0 Å². The van der Waals surface area contributed by atoms with Gasteiger partial charge in [-0.05, 0) is 0 Å². The molecule has 0 saturated carbocycles. The quantitative estimate of drug-likeness (QED) is 0.356. The zero-order valence-electron chi connectivity index (χ0n) is 10.8. The fourth-order valence-corrected chi connectivity index (χ4v) is 1.24. The van der Waals surface area contributed by atoms with Gasteiger partial charge in [0.15, 0.2) is 18.5 Å². The zero-order valence-corrected chi connectivity index (χ0v) is 10.8. The summed E-state index contributed by atoms with van der Waals surface area (Å²) in [5, 5.41) is 9.44. The maximum absolute atomic E-state index is 10.9. The topological polar surface area (TPSA) is 116 Å². The average molecular weight is 276 g/mol. The molecule has 0 aromatic carbocycles. The van der Waals surface area contributed by atoms with Crippen molar-refractivity contribution in [2.45, 2.75) is 39.1 Å². The van der Waals surface area contributed by atoms with Gasteiger partial charge in [-0.1, -0.05) is 0 Å². The highest BCUT2D eigenvalue weighted by molar-refractivity contribution is 5.69. The molecule has 0 aliphatic carbocycles. The number of carbonyl (C=O) groups excluding carboxylic acids is 4. The summed E-state index contributed by atoms with van der Waals surface area (Å²) in [7, 11) is 0. The SMILES string of the molecule is CC(=O)OC[C@@H](OC(C)=O)[C@H](OC(C)=O)[C@@H](O)C=O. The summed E-state index contributed by atoms with van der Waals surface area (Å²) in [6, 6.07) is 0. The number of aliphatic hydroxyl groups excluding tert-OH is 1. The Morgan fingerprint density at radius 3 is 1.95 bits per heavy atom. The van der Waals surface area contributed by atoms with Crippen molar-refractivity contribution in [1.82, 2.24) is 0 Å². The van der Waals surface area contributed by atoms with Crippen LogP contribution in [0, 0.1) is 0 Å². The molecule has 0 spiro atoms. The van der Waals surface area contributed by atoms with E-state index in [1.807, 2.05) is 0 Å². The monoisotopic (exact) mass is 276 g/mol. The Kier molecular flexibility index (Phi) is 7.35. The van der Waals surface area contributed by atoms with Gasteiger partial charge in [-0.2, -0.15) is 0 Å². The van der Waals surface area contributed by atoms with Crippen molar-refractivity contribution in [3.8, 4) is 0 Å². The van der Waals surface area contributed by atoms with Gasteiger partial charge in [-0.15, -0.1) is 0 Å². The van der Waals surface area contributed by atoms with E-state index in [9.17, 15) is 24.3 Å². The van der Waals surface area contributed by atoms with Gasteiger partial charge in [0, 0.05) is 20.8 Å². The molecule has 8 heteroatoms. The van der Waals surface area contributed by atoms with E-state index >= 15 is 0 Å². The van der Waals surface area contributed by atoms with Crippen LogP contribution in [-0.2, 0) is 33.4 Å². The Balaban J connectivity index is 4.97. The second-order valence-corrected chi connectivity index (χ2v) is 3.65. The number of esters is 3. The molecule has 8 nitrogen and oxygen atoms in total. The number of hydrogen-bond acceptors (Lipinski definition) is 8. The Morgan fingerprint density at radius 1 is 1.05 bits per heavy atom. The normalized spacial score (nSPS) is 14.7. The Labute approximate surface area is 109 Å². The fourth-order valence-electron chi connectivity index (χ4n) is 1.24. The third kappa shape index (κ3) is 7.14. The van der Waals surface area contributed by atoms with E-state index < -0.39 is 42.8 Å². The number of aliphatic hydroxyl groups is 1. The lowest BCUT2D eigenvalue weighted by Crippen LogP contribution is -2.46. The van der Waals surface area contributed by atoms with Crippen LogP contribution in [0.5, 0.6) is 0 Å². The molecule has 0 heterocycles. The molecule has 3 atom stereocenters. The van der Waals surface area contributed by atoms with Gasteiger partial charge in [0.05, 0.1) is 0 Å². The summed E-state index contributed by atoms with van der Waals surface area (Å²) >= 11 is 0. The van der Waals surface area contributed by atoms with Crippen molar-refractivity contribution in [3.05, 3.63) is 0 Å². The first-order valence-corrected chi connectivity index (χ1v) is 5.39. The predicted molar refractivity (Wildman–Crippen MR) is 59.8 cm³/mol. The molecular formula is C11H16O8. The first kappa shape index (κ1) is 17.0. The fraction of sp³-hybridized carbons (Fsp3) is 0.636. The average Bonchev–Trinajstić information content (AvgIpc) is 2.29. The minimum Gasteiger partial charge on any atom is -0.462 e. The van der Waals surface area contributed by atoms with Crippen LogP contribution in [0.25, 0.3) is 0 Å². The summed E-state index contributed by atoms with van der Waals surface area (Å²) in [6.07, 6.45) is -4.30. The lowest BCUT2D eigenvalue weighted by atomic mass is 10.1. The number of carbonyl (C=O) groups is 4. The van der Waals surface area contributed by atoms with Crippen LogP contribution in [0.1, 0.15) is 20.8 Å². The van der Waals surface area contributed by atoms with E-state index in [2.05, 4.69) is 4.74 Å². The van der Waals surface area contributed by atoms with E-state index in [-0.39, 0.29) is 6.29 Å². The van der Waals surface area contributed by atoms with Crippen LogP contribution in [-0.4, -0.2) is 54.2 Å². The van der Waals surface area contributed by atoms with Crippen molar-refractivity contribution >= 4 is 24.2 Å². The van der Waals surface area contributed by atoms with Gasteiger partial charge in [0.1, 0.15) is 12.7 Å². The first-order chi connectivity index (χ1) is 8.77. The summed E-state index contributed by atoms with van der Waals surface area (Å²) < 4.78 is 14.1. The van der Waals surface area contributed by atoms with Gasteiger partial charge < -0.3 is 24.1 Å². The molecule has 0 unspecified atom stereocenters. The van der Waals surface area contributed by atoms with Crippen LogP contribution < -0.4 is 0 Å². The van der Waals surface area contributed by atoms with Crippen molar-refractivity contribution in [2.75, 3.05) is 6.61 Å². The van der Waals surface area contributed by atoms with Crippen molar-refractivity contribution in [1.29, 1.82) is 0 Å². The number of aldehydes is 1. The minimum atomic E-state index is -1.70. The molecule has 0 fully saturated rings. The van der Waals surface area contributed by atoms with E-state index in [0.717, 1.165) is 20.8 Å². The molecule has 0 aromatic rings. The van der Waals surface area contributed by atoms with E-state index in [1.54, 1.807) is 0 Å². The molecule has 0 aromatic heterocycles. The second kappa shape index (κ2) is 8.20. The van der Waals surface area contributed by atoms with Crippen LogP contribution in [0.3, 0.4) is 0 Å². The Hall–Kier alpha value is -1.96. The molecular weight excluding hydrogens is 260 g/mol. The molecule has 0 rings (SSSR count). The maximum Gasteiger partial charge on any atom is 0.303 e. The lowest BCUT2D eigenvalue weighted by molar-refractivity contribution is -0.181. The Morgan fingerprint density at radius 2 is 1.58 bits per heavy atom. The molecule has 1 N–H and O–H groups in total. The van der Waals surface area contributed by atoms with Crippen LogP contribution in [0.2, 0.25) is 0 Å². The van der Waals surface area contributed by atoms with Crippen LogP contribution in [0.4, 0.5) is 0 Å². The van der Waals surface area contributed by atoms with Gasteiger partial charge >= 0.3 is 17.9 Å². The molecule has 19 heavy (non-hydrogen) atoms. The summed E-state index contributed by atoms with van der Waals surface area (Å²) in [4.78, 5) is 43.1. The molecule has 0 bridgehead atoms. The van der Waals surface area contributed by atoms with Crippen molar-refractivity contribution < 1.29 is 38.5 Å². The number of ether oxygens (including phenoxy) is 3. The largest absolute Gasteiger partial charge is 0.462 e. The first-order valence-electron chi connectivity index (χ1n) is 5.39. The third-order valence-electron chi connectivity index (χ3n) is 1.91. The standard InChI is InChI=1S/C11H16O8/c1-6(13)17-5-10(18-7(2)14)11(9(16)4-12)19-8(3)15/h4,9-11,16H,5H2,1-3H3/t9-,10+,11+/m0/s1. The zero-order chi connectivity index (χ0) is 15.0. The van der Waals surface area contributed by atoms with Crippen LogP contribution in [0.15, 0.2) is 0 Å². The predicted octanol–water partition coefficient (Wildman–Crippen LogP) is -1.03. The van der Waals surface area contributed by atoms with Crippen molar-refractivity contribution in [2.24, 2.45) is 0 Å². The van der Waals surface area contributed by atoms with Crippen molar-refractivity contribution in [3.63, 3.8) is 0 Å². The summed E-state index contributed by atoms with van der Waals surface area (Å²) in [5.41, 5.74) is 0. The highest BCUT2D eigenvalue weighted by Gasteiger charge is 2.34. The smallest absolute Gasteiger partial charge is 0.303 e. The molecule has 108 valence electrons. The lowest BCUT2D eigenvalue weighted by Gasteiger charge is -2.27. The molecule has 0 aliphatic heterocycles. The molecule has 0 amide bonds. The van der Waals surface area contributed by atoms with E-state index in [4.69, 9.17) is 9.47 Å². The molecule has 0 radical (unpaired) electrons. The highest BCUT2D eigenvalue weighted by atomic mass is 16.6.